The maximum atomic E-state index is 14.0. The van der Waals surface area contributed by atoms with Gasteiger partial charge in [0.25, 0.3) is 0 Å². The van der Waals surface area contributed by atoms with Gasteiger partial charge in [-0.15, -0.1) is 0 Å². The van der Waals surface area contributed by atoms with Crippen molar-refractivity contribution < 1.29 is 24.2 Å². The van der Waals surface area contributed by atoms with Crippen molar-refractivity contribution in [3.63, 3.8) is 0 Å². The molecule has 0 aliphatic carbocycles. The topological polar surface area (TPSA) is 154 Å². The van der Waals surface area contributed by atoms with Crippen LogP contribution in [-0.2, 0) is 22.4 Å². The number of imidazole rings is 1. The van der Waals surface area contributed by atoms with Crippen LogP contribution in [0.1, 0.15) is 59.4 Å². The number of H-pyrrole nitrogens is 2. The number of nitrogens with two attached hydrogens (primary N) is 1. The van der Waals surface area contributed by atoms with Gasteiger partial charge in [0.15, 0.2) is 5.69 Å². The van der Waals surface area contributed by atoms with E-state index in [-0.39, 0.29) is 30.3 Å². The van der Waals surface area contributed by atoms with Crippen molar-refractivity contribution in [2.45, 2.75) is 52.1 Å². The van der Waals surface area contributed by atoms with Gasteiger partial charge in [-0.05, 0) is 48.6 Å². The zero-order valence-electron chi connectivity index (χ0n) is 23.1. The standard InChI is InChI=1S/C30H35N5O5/c1-17(2)13-23(31)29(37)35(26(36)14-19-9-11-21(40-4)12-10-19)25(28-33-18(3)27(34-28)30(38)39)15-20-16-32-24-8-6-5-7-22(20)24/h5-12,16-17,23,25,32H,13-15,31H2,1-4H3,(H,33,34)(H,38,39)/t23-,25+/m0/s1. The van der Waals surface area contributed by atoms with E-state index in [0.717, 1.165) is 16.5 Å². The van der Waals surface area contributed by atoms with Gasteiger partial charge in [0, 0.05) is 29.2 Å². The summed E-state index contributed by atoms with van der Waals surface area (Å²) in [5.41, 5.74) is 8.96. The van der Waals surface area contributed by atoms with Crippen molar-refractivity contribution in [3.05, 3.63) is 83.1 Å². The highest BCUT2D eigenvalue weighted by molar-refractivity contribution is 5.99. The maximum Gasteiger partial charge on any atom is 0.356 e. The van der Waals surface area contributed by atoms with Gasteiger partial charge < -0.3 is 25.5 Å². The average Bonchev–Trinajstić information content (AvgIpc) is 3.51. The number of aromatic amines is 2. The number of imide groups is 1. The van der Waals surface area contributed by atoms with E-state index < -0.39 is 29.9 Å². The SMILES string of the molecule is COc1ccc(CC(=O)N(C(=O)[C@@H](N)CC(C)C)[C@H](Cc2c[nH]c3ccccc23)c2nc(C(=O)O)c(C)[nH]2)cc1. The van der Waals surface area contributed by atoms with Crippen molar-refractivity contribution in [3.8, 4) is 5.75 Å². The van der Waals surface area contributed by atoms with Crippen molar-refractivity contribution in [1.29, 1.82) is 0 Å². The average molecular weight is 546 g/mol. The van der Waals surface area contributed by atoms with Crippen LogP contribution in [0.5, 0.6) is 5.75 Å². The van der Waals surface area contributed by atoms with Gasteiger partial charge in [-0.1, -0.05) is 44.2 Å². The van der Waals surface area contributed by atoms with Crippen LogP contribution in [0.4, 0.5) is 0 Å². The second-order valence-corrected chi connectivity index (χ2v) is 10.3. The largest absolute Gasteiger partial charge is 0.497 e. The monoisotopic (exact) mass is 545 g/mol. The molecule has 0 aliphatic rings. The van der Waals surface area contributed by atoms with E-state index in [9.17, 15) is 19.5 Å². The van der Waals surface area contributed by atoms with E-state index in [0.29, 0.717) is 23.4 Å². The molecule has 5 N–H and O–H groups in total. The molecule has 0 saturated carbocycles. The fraction of sp³-hybridized carbons (Fsp3) is 0.333. The van der Waals surface area contributed by atoms with Crippen molar-refractivity contribution in [2.24, 2.45) is 11.7 Å². The normalized spacial score (nSPS) is 12.8. The van der Waals surface area contributed by atoms with Crippen LogP contribution in [-0.4, -0.2) is 55.9 Å². The van der Waals surface area contributed by atoms with Gasteiger partial charge >= 0.3 is 5.97 Å². The number of ether oxygens (including phenoxy) is 1. The molecule has 0 bridgehead atoms. The predicted molar refractivity (Wildman–Crippen MR) is 151 cm³/mol. The van der Waals surface area contributed by atoms with Gasteiger partial charge in [0.05, 0.1) is 19.6 Å². The number of hydrogen-bond acceptors (Lipinski definition) is 6. The Labute approximate surface area is 232 Å². The fourth-order valence-electron chi connectivity index (χ4n) is 4.91. The number of aromatic carboxylic acids is 1. The van der Waals surface area contributed by atoms with E-state index in [4.69, 9.17) is 10.5 Å². The lowest BCUT2D eigenvalue weighted by atomic mass is 9.98. The highest BCUT2D eigenvalue weighted by Crippen LogP contribution is 2.30. The quantitative estimate of drug-likeness (QED) is 0.221. The number of carbonyl (C=O) groups is 3. The molecular weight excluding hydrogens is 510 g/mol. The summed E-state index contributed by atoms with van der Waals surface area (Å²) in [6.45, 7) is 5.50. The number of hydrogen-bond donors (Lipinski definition) is 4. The number of methoxy groups -OCH3 is 1. The molecule has 0 aliphatic heterocycles. The van der Waals surface area contributed by atoms with Gasteiger partial charge in [-0.2, -0.15) is 0 Å². The van der Waals surface area contributed by atoms with Crippen LogP contribution in [0.25, 0.3) is 10.9 Å². The summed E-state index contributed by atoms with van der Waals surface area (Å²) in [6, 6.07) is 12.9. The number of carbonyl (C=O) groups excluding carboxylic acids is 2. The first-order valence-corrected chi connectivity index (χ1v) is 13.2. The lowest BCUT2D eigenvalue weighted by Gasteiger charge is -2.31. The van der Waals surface area contributed by atoms with Gasteiger partial charge in [-0.25, -0.2) is 9.78 Å². The number of aromatic nitrogens is 3. The third-order valence-electron chi connectivity index (χ3n) is 6.88. The molecular formula is C30H35N5O5. The molecule has 4 aromatic rings. The second-order valence-electron chi connectivity index (χ2n) is 10.3. The number of benzene rings is 2. The smallest absolute Gasteiger partial charge is 0.356 e. The number of amides is 2. The van der Waals surface area contributed by atoms with Crippen molar-refractivity contribution in [1.82, 2.24) is 19.9 Å². The molecule has 40 heavy (non-hydrogen) atoms. The summed E-state index contributed by atoms with van der Waals surface area (Å²) < 4.78 is 5.22. The first kappa shape index (κ1) is 28.6. The Bertz CT molecular complexity index is 1500. The lowest BCUT2D eigenvalue weighted by Crippen LogP contribution is -2.50. The summed E-state index contributed by atoms with van der Waals surface area (Å²) in [5.74, 6) is -1.24. The Hall–Kier alpha value is -4.44. The lowest BCUT2D eigenvalue weighted by molar-refractivity contribution is -0.149. The zero-order valence-corrected chi connectivity index (χ0v) is 23.1. The summed E-state index contributed by atoms with van der Waals surface area (Å²) in [5, 5.41) is 10.6. The third kappa shape index (κ3) is 6.23. The van der Waals surface area contributed by atoms with Gasteiger partial charge in [-0.3, -0.25) is 14.5 Å². The minimum absolute atomic E-state index is 0.0694. The molecule has 0 unspecified atom stereocenters. The first-order chi connectivity index (χ1) is 19.1. The number of fused-ring (bicyclic) bond motifs is 1. The molecule has 10 heteroatoms. The number of aryl methyl sites for hydroxylation is 1. The van der Waals surface area contributed by atoms with Crippen LogP contribution in [0, 0.1) is 12.8 Å². The summed E-state index contributed by atoms with van der Waals surface area (Å²) in [6.07, 6.45) is 2.34. The zero-order chi connectivity index (χ0) is 29.0. The van der Waals surface area contributed by atoms with Gasteiger partial charge in [0.1, 0.15) is 17.6 Å². The number of nitrogens with one attached hydrogen (secondary N) is 2. The van der Waals surface area contributed by atoms with Crippen LogP contribution in [0.15, 0.2) is 54.7 Å². The molecule has 210 valence electrons. The number of para-hydroxylation sites is 1. The fourth-order valence-corrected chi connectivity index (χ4v) is 4.91. The summed E-state index contributed by atoms with van der Waals surface area (Å²) in [7, 11) is 1.56. The Morgan fingerprint density at radius 3 is 2.42 bits per heavy atom. The van der Waals surface area contributed by atoms with E-state index >= 15 is 0 Å². The van der Waals surface area contributed by atoms with Crippen LogP contribution < -0.4 is 10.5 Å². The van der Waals surface area contributed by atoms with Crippen LogP contribution in [0.2, 0.25) is 0 Å². The molecule has 10 nitrogen and oxygen atoms in total. The summed E-state index contributed by atoms with van der Waals surface area (Å²) >= 11 is 0. The number of carboxylic acids is 1. The molecule has 0 spiro atoms. The molecule has 2 aromatic heterocycles. The number of nitrogens with zero attached hydrogens (tertiary/aromatic N) is 2. The van der Waals surface area contributed by atoms with Crippen LogP contribution >= 0.6 is 0 Å². The molecule has 0 fully saturated rings. The van der Waals surface area contributed by atoms with Crippen LogP contribution in [0.3, 0.4) is 0 Å². The summed E-state index contributed by atoms with van der Waals surface area (Å²) in [4.78, 5) is 51.5. The number of carboxylic acid groups (broad SMARTS) is 1. The van der Waals surface area contributed by atoms with E-state index in [1.807, 2.05) is 44.3 Å². The van der Waals surface area contributed by atoms with Gasteiger partial charge in [0.2, 0.25) is 11.8 Å². The molecule has 2 heterocycles. The Balaban J connectivity index is 1.81. The third-order valence-corrected chi connectivity index (χ3v) is 6.88. The minimum atomic E-state index is -1.20. The Kier molecular flexibility index (Phi) is 8.69. The maximum absolute atomic E-state index is 14.0. The molecule has 4 rings (SSSR count). The van der Waals surface area contributed by atoms with E-state index in [1.54, 1.807) is 38.3 Å². The molecule has 2 atom stereocenters. The highest BCUT2D eigenvalue weighted by Gasteiger charge is 2.37. The van der Waals surface area contributed by atoms with Crippen molar-refractivity contribution in [2.75, 3.05) is 7.11 Å². The Morgan fingerprint density at radius 2 is 1.80 bits per heavy atom. The highest BCUT2D eigenvalue weighted by atomic mass is 16.5. The Morgan fingerprint density at radius 1 is 1.10 bits per heavy atom. The molecule has 2 aromatic carbocycles. The first-order valence-electron chi connectivity index (χ1n) is 13.2. The molecule has 2 amide bonds. The second kappa shape index (κ2) is 12.2. The predicted octanol–water partition coefficient (Wildman–Crippen LogP) is 4.16. The van der Waals surface area contributed by atoms with E-state index in [2.05, 4.69) is 15.0 Å². The molecule has 0 radical (unpaired) electrons. The van der Waals surface area contributed by atoms with E-state index in [1.165, 1.54) is 4.90 Å². The molecule has 0 saturated heterocycles. The van der Waals surface area contributed by atoms with Crippen molar-refractivity contribution >= 4 is 28.7 Å². The minimum Gasteiger partial charge on any atom is -0.497 e. The number of rotatable bonds is 11.